The molecule has 6 N–H and O–H groups in total. The monoisotopic (exact) mass is 574 g/mol. The summed E-state index contributed by atoms with van der Waals surface area (Å²) in [6.07, 6.45) is 0. The maximum atomic E-state index is 9.95. The van der Waals surface area contributed by atoms with Crippen molar-refractivity contribution in [3.05, 3.63) is 144 Å². The molecular formula is C38H26N2O4. The molecule has 44 heavy (non-hydrogen) atoms. The highest BCUT2D eigenvalue weighted by molar-refractivity contribution is 6.00. The molecule has 0 unspecified atom stereocenters. The minimum Gasteiger partial charge on any atom is -0.506 e. The second-order valence-corrected chi connectivity index (χ2v) is 9.85. The number of hydrogen-bond donors (Lipinski definition) is 4. The molecule has 0 spiro atoms. The Morgan fingerprint density at radius 1 is 0.500 bits per heavy atom. The van der Waals surface area contributed by atoms with Crippen molar-refractivity contribution in [2.45, 2.75) is 0 Å². The van der Waals surface area contributed by atoms with E-state index in [1.54, 1.807) is 24.3 Å². The predicted molar refractivity (Wildman–Crippen MR) is 174 cm³/mol. The number of benzene rings is 6. The highest BCUT2D eigenvalue weighted by Gasteiger charge is 2.17. The van der Waals surface area contributed by atoms with E-state index in [-0.39, 0.29) is 22.9 Å². The number of nitrogens with two attached hydrogens (primary N) is 2. The molecule has 0 aromatic heterocycles. The molecule has 6 aromatic carbocycles. The average molecular weight is 575 g/mol. The van der Waals surface area contributed by atoms with Crippen molar-refractivity contribution in [2.24, 2.45) is 0 Å². The number of hydrogen-bond acceptors (Lipinski definition) is 6. The van der Waals surface area contributed by atoms with Crippen LogP contribution in [0.15, 0.2) is 121 Å². The van der Waals surface area contributed by atoms with E-state index in [9.17, 15) is 10.2 Å². The van der Waals surface area contributed by atoms with Gasteiger partial charge in [-0.2, -0.15) is 0 Å². The molecule has 0 saturated heterocycles. The Morgan fingerprint density at radius 3 is 1.61 bits per heavy atom. The Balaban J connectivity index is 1.61. The number of anilines is 2. The van der Waals surface area contributed by atoms with Crippen molar-refractivity contribution in [3.8, 4) is 58.2 Å². The summed E-state index contributed by atoms with van der Waals surface area (Å²) < 4.78 is 12.7. The molecule has 6 rings (SSSR count). The van der Waals surface area contributed by atoms with Crippen molar-refractivity contribution < 1.29 is 19.7 Å². The first kappa shape index (κ1) is 27.7. The standard InChI is InChI=1S/C38H26N2O4/c39-32-23-28(17-20-34(32)41)43-36-13-7-12-31-37(44-29-18-21-35(42)33(40)24-29)22-27(16-14-25-8-3-1-4-9-25)30(38(31)36)19-15-26-10-5-2-6-11-26/h1-13,17-18,20-24,41-42H,39-40H2. The molecule has 6 nitrogen and oxygen atoms in total. The van der Waals surface area contributed by atoms with Crippen molar-refractivity contribution in [1.82, 2.24) is 0 Å². The summed E-state index contributed by atoms with van der Waals surface area (Å²) in [4.78, 5) is 0. The van der Waals surface area contributed by atoms with Crippen LogP contribution in [-0.2, 0) is 0 Å². The zero-order chi connectivity index (χ0) is 30.5. The lowest BCUT2D eigenvalue weighted by Crippen LogP contribution is -1.96. The average Bonchev–Trinajstić information content (AvgIpc) is 3.04. The van der Waals surface area contributed by atoms with Gasteiger partial charge in [-0.05, 0) is 60.7 Å². The number of fused-ring (bicyclic) bond motifs is 1. The largest absolute Gasteiger partial charge is 0.506 e. The third kappa shape index (κ3) is 6.06. The first-order valence-corrected chi connectivity index (χ1v) is 13.7. The van der Waals surface area contributed by atoms with Crippen molar-refractivity contribution >= 4 is 22.1 Å². The summed E-state index contributed by atoms with van der Waals surface area (Å²) in [5.74, 6) is 15.0. The molecule has 0 aliphatic rings. The molecule has 6 aromatic rings. The molecule has 0 aliphatic heterocycles. The molecule has 0 bridgehead atoms. The van der Waals surface area contributed by atoms with Gasteiger partial charge in [-0.3, -0.25) is 0 Å². The third-order valence-corrected chi connectivity index (χ3v) is 6.76. The number of phenols is 2. The van der Waals surface area contributed by atoms with E-state index >= 15 is 0 Å². The van der Waals surface area contributed by atoms with Crippen LogP contribution < -0.4 is 20.9 Å². The van der Waals surface area contributed by atoms with Crippen LogP contribution in [0.4, 0.5) is 11.4 Å². The highest BCUT2D eigenvalue weighted by Crippen LogP contribution is 2.41. The van der Waals surface area contributed by atoms with E-state index in [1.807, 2.05) is 84.9 Å². The Labute approximate surface area is 254 Å². The van der Waals surface area contributed by atoms with Gasteiger partial charge in [-0.15, -0.1) is 0 Å². The van der Waals surface area contributed by atoms with Crippen LogP contribution in [-0.4, -0.2) is 10.2 Å². The lowest BCUT2D eigenvalue weighted by molar-refractivity contribution is 0.467. The first-order valence-electron chi connectivity index (χ1n) is 13.7. The molecule has 0 fully saturated rings. The second kappa shape index (κ2) is 12.2. The lowest BCUT2D eigenvalue weighted by atomic mass is 9.96. The molecule has 0 saturated carbocycles. The van der Waals surface area contributed by atoms with E-state index in [1.165, 1.54) is 12.1 Å². The molecule has 6 heteroatoms. The van der Waals surface area contributed by atoms with Crippen LogP contribution in [0, 0.1) is 23.7 Å². The number of rotatable bonds is 4. The van der Waals surface area contributed by atoms with Crippen LogP contribution in [0.5, 0.6) is 34.5 Å². The maximum Gasteiger partial charge on any atom is 0.138 e. The van der Waals surface area contributed by atoms with Crippen molar-refractivity contribution in [1.29, 1.82) is 0 Å². The number of phenolic OH excluding ortho intramolecular Hbond substituents is 2. The van der Waals surface area contributed by atoms with Crippen LogP contribution in [0.25, 0.3) is 10.8 Å². The predicted octanol–water partition coefficient (Wildman–Crippen LogP) is 7.80. The zero-order valence-electron chi connectivity index (χ0n) is 23.4. The first-order chi connectivity index (χ1) is 21.4. The fraction of sp³-hybridized carbons (Fsp3) is 0. The molecule has 0 atom stereocenters. The van der Waals surface area contributed by atoms with Crippen LogP contribution in [0.1, 0.15) is 22.3 Å². The van der Waals surface area contributed by atoms with Crippen LogP contribution in [0.2, 0.25) is 0 Å². The van der Waals surface area contributed by atoms with E-state index in [4.69, 9.17) is 20.9 Å². The zero-order valence-corrected chi connectivity index (χ0v) is 23.4. The topological polar surface area (TPSA) is 111 Å². The Hall–Kier alpha value is -6.50. The van der Waals surface area contributed by atoms with Gasteiger partial charge in [0.2, 0.25) is 0 Å². The van der Waals surface area contributed by atoms with Crippen molar-refractivity contribution in [3.63, 3.8) is 0 Å². The van der Waals surface area contributed by atoms with E-state index in [2.05, 4.69) is 23.7 Å². The van der Waals surface area contributed by atoms with Gasteiger partial charge in [-0.25, -0.2) is 0 Å². The maximum absolute atomic E-state index is 9.95. The summed E-state index contributed by atoms with van der Waals surface area (Å²) in [6, 6.07) is 36.1. The SMILES string of the molecule is Nc1cc(Oc2cc(C#Cc3ccccc3)c(C#Cc3ccccc3)c3c(Oc4ccc(O)c(N)c4)cccc23)ccc1O. The van der Waals surface area contributed by atoms with Gasteiger partial charge in [0, 0.05) is 39.6 Å². The molecule has 212 valence electrons. The number of aromatic hydroxyl groups is 2. The van der Waals surface area contributed by atoms with Gasteiger partial charge in [-0.1, -0.05) is 72.2 Å². The van der Waals surface area contributed by atoms with Crippen molar-refractivity contribution in [2.75, 3.05) is 11.5 Å². The minimum atomic E-state index is -0.0352. The summed E-state index contributed by atoms with van der Waals surface area (Å²) in [5.41, 5.74) is 15.2. The molecular weight excluding hydrogens is 548 g/mol. The summed E-state index contributed by atoms with van der Waals surface area (Å²) in [7, 11) is 0. The number of nitrogen functional groups attached to an aromatic ring is 2. The highest BCUT2D eigenvalue weighted by atomic mass is 16.5. The lowest BCUT2D eigenvalue weighted by Gasteiger charge is -2.16. The fourth-order valence-corrected chi connectivity index (χ4v) is 4.57. The summed E-state index contributed by atoms with van der Waals surface area (Å²) in [5, 5.41) is 21.3. The minimum absolute atomic E-state index is 0.0352. The quantitative estimate of drug-likeness (QED) is 0.0971. The van der Waals surface area contributed by atoms with E-state index < -0.39 is 0 Å². The number of ether oxygens (including phenoxy) is 2. The fourth-order valence-electron chi connectivity index (χ4n) is 4.57. The Morgan fingerprint density at radius 2 is 1.05 bits per heavy atom. The van der Waals surface area contributed by atoms with E-state index in [0.29, 0.717) is 44.9 Å². The van der Waals surface area contributed by atoms with Gasteiger partial charge in [0.05, 0.1) is 16.9 Å². The third-order valence-electron chi connectivity index (χ3n) is 6.76. The summed E-state index contributed by atoms with van der Waals surface area (Å²) in [6.45, 7) is 0. The van der Waals surface area contributed by atoms with Gasteiger partial charge in [0.25, 0.3) is 0 Å². The molecule has 0 radical (unpaired) electrons. The normalized spacial score (nSPS) is 10.3. The van der Waals surface area contributed by atoms with E-state index in [0.717, 1.165) is 11.1 Å². The second-order valence-electron chi connectivity index (χ2n) is 9.85. The molecule has 0 heterocycles. The van der Waals surface area contributed by atoms with Gasteiger partial charge >= 0.3 is 0 Å². The molecule has 0 aliphatic carbocycles. The molecule has 0 amide bonds. The summed E-state index contributed by atoms with van der Waals surface area (Å²) >= 11 is 0. The Bertz CT molecular complexity index is 2070. The van der Waals surface area contributed by atoms with Crippen LogP contribution >= 0.6 is 0 Å². The van der Waals surface area contributed by atoms with Crippen LogP contribution in [0.3, 0.4) is 0 Å². The Kier molecular flexibility index (Phi) is 7.65. The van der Waals surface area contributed by atoms with Gasteiger partial charge < -0.3 is 31.2 Å². The van der Waals surface area contributed by atoms with Gasteiger partial charge in [0.1, 0.15) is 34.5 Å². The smallest absolute Gasteiger partial charge is 0.138 e. The van der Waals surface area contributed by atoms with Gasteiger partial charge in [0.15, 0.2) is 0 Å².